The van der Waals surface area contributed by atoms with E-state index in [0.717, 1.165) is 38.4 Å². The molecule has 5 heteroatoms. The number of aromatic nitrogens is 1. The molecule has 98 valence electrons. The minimum Gasteiger partial charge on any atom is -0.351 e. The fourth-order valence-corrected chi connectivity index (χ4v) is 3.10. The molecule has 1 aromatic heterocycles. The maximum atomic E-state index is 12.1. The van der Waals surface area contributed by atoms with Crippen molar-refractivity contribution in [1.82, 2.24) is 15.4 Å². The molecule has 3 rings (SSSR count). The van der Waals surface area contributed by atoms with Gasteiger partial charge in [-0.3, -0.25) is 4.79 Å². The molecule has 2 aliphatic heterocycles. The predicted octanol–water partition coefficient (Wildman–Crippen LogP) is 1.28. The third-order valence-corrected chi connectivity index (χ3v) is 4.14. The van der Waals surface area contributed by atoms with E-state index < -0.39 is 0 Å². The molecular weight excluding hydrogens is 230 g/mol. The Hall–Kier alpha value is -1.36. The number of rotatable bonds is 2. The van der Waals surface area contributed by atoms with Gasteiger partial charge in [0.1, 0.15) is 0 Å². The second kappa shape index (κ2) is 5.10. The number of amides is 1. The molecule has 1 aromatic rings. The van der Waals surface area contributed by atoms with Crippen molar-refractivity contribution in [3.05, 3.63) is 18.0 Å². The summed E-state index contributed by atoms with van der Waals surface area (Å²) in [4.78, 5) is 13.9. The fourth-order valence-electron chi connectivity index (χ4n) is 3.10. The van der Waals surface area contributed by atoms with Gasteiger partial charge in [0.05, 0.1) is 6.20 Å². The number of hydrogen-bond acceptors (Lipinski definition) is 4. The molecule has 0 saturated carbocycles. The first-order valence-corrected chi connectivity index (χ1v) is 6.78. The monoisotopic (exact) mass is 249 g/mol. The van der Waals surface area contributed by atoms with Crippen molar-refractivity contribution in [3.8, 4) is 0 Å². The number of nitrogens with zero attached hydrogens (tertiary/aromatic N) is 2. The molecule has 3 heterocycles. The van der Waals surface area contributed by atoms with Crippen LogP contribution in [0.4, 0.5) is 0 Å². The van der Waals surface area contributed by atoms with Gasteiger partial charge in [-0.1, -0.05) is 5.16 Å². The van der Waals surface area contributed by atoms with Gasteiger partial charge in [-0.15, -0.1) is 0 Å². The molecule has 1 N–H and O–H groups in total. The number of likely N-dealkylation sites (tertiary alicyclic amines) is 1. The van der Waals surface area contributed by atoms with Gasteiger partial charge in [-0.25, -0.2) is 0 Å². The van der Waals surface area contributed by atoms with Gasteiger partial charge in [0, 0.05) is 25.2 Å². The van der Waals surface area contributed by atoms with Crippen LogP contribution in [0.3, 0.4) is 0 Å². The van der Waals surface area contributed by atoms with Crippen molar-refractivity contribution in [2.45, 2.75) is 31.7 Å². The largest absolute Gasteiger partial charge is 0.351 e. The highest BCUT2D eigenvalue weighted by Crippen LogP contribution is 2.26. The van der Waals surface area contributed by atoms with Crippen molar-refractivity contribution >= 4 is 5.91 Å². The van der Waals surface area contributed by atoms with Crippen LogP contribution < -0.4 is 5.32 Å². The van der Waals surface area contributed by atoms with Crippen LogP contribution in [-0.2, 0) is 0 Å². The first-order chi connectivity index (χ1) is 8.84. The Balaban J connectivity index is 1.55. The van der Waals surface area contributed by atoms with E-state index in [1.54, 1.807) is 6.07 Å². The van der Waals surface area contributed by atoms with Crippen LogP contribution in [0.2, 0.25) is 0 Å². The lowest BCUT2D eigenvalue weighted by Crippen LogP contribution is -2.43. The molecule has 1 unspecified atom stereocenters. The Morgan fingerprint density at radius 3 is 2.83 bits per heavy atom. The van der Waals surface area contributed by atoms with Crippen LogP contribution in [0.5, 0.6) is 0 Å². The summed E-state index contributed by atoms with van der Waals surface area (Å²) in [5.41, 5.74) is 0. The lowest BCUT2D eigenvalue weighted by Gasteiger charge is -2.34. The van der Waals surface area contributed by atoms with E-state index >= 15 is 0 Å². The van der Waals surface area contributed by atoms with Crippen LogP contribution >= 0.6 is 0 Å². The van der Waals surface area contributed by atoms with Gasteiger partial charge < -0.3 is 14.7 Å². The third-order valence-electron chi connectivity index (χ3n) is 4.14. The van der Waals surface area contributed by atoms with Crippen LogP contribution in [0.25, 0.3) is 0 Å². The zero-order chi connectivity index (χ0) is 12.4. The van der Waals surface area contributed by atoms with Crippen molar-refractivity contribution in [2.75, 3.05) is 19.6 Å². The lowest BCUT2D eigenvalue weighted by atomic mass is 9.88. The van der Waals surface area contributed by atoms with Gasteiger partial charge in [-0.2, -0.15) is 0 Å². The molecule has 0 aromatic carbocycles. The molecular formula is C13H19N3O2. The molecule has 2 saturated heterocycles. The molecule has 0 spiro atoms. The van der Waals surface area contributed by atoms with Gasteiger partial charge in [0.15, 0.2) is 0 Å². The molecule has 0 bridgehead atoms. The summed E-state index contributed by atoms with van der Waals surface area (Å²) in [6.45, 7) is 2.83. The Morgan fingerprint density at radius 1 is 1.39 bits per heavy atom. The second-order valence-corrected chi connectivity index (χ2v) is 5.21. The number of carbonyl (C=O) groups excluding carboxylic acids is 1. The standard InChI is InChI=1S/C13H19N3O2/c17-13(12-3-7-15-18-12)16-8-4-10(5-9-16)11-2-1-6-14-11/h3,7,10-11,14H,1-2,4-6,8-9H2. The SMILES string of the molecule is O=C(c1ccno1)N1CCC(C2CCCN2)CC1. The highest BCUT2D eigenvalue weighted by molar-refractivity contribution is 5.91. The molecule has 1 atom stereocenters. The average Bonchev–Trinajstić information content (AvgIpc) is 3.11. The normalized spacial score (nSPS) is 25.6. The van der Waals surface area contributed by atoms with Gasteiger partial charge in [0.25, 0.3) is 5.91 Å². The zero-order valence-electron chi connectivity index (χ0n) is 10.5. The van der Waals surface area contributed by atoms with Crippen molar-refractivity contribution < 1.29 is 9.32 Å². The third kappa shape index (κ3) is 2.27. The number of hydrogen-bond donors (Lipinski definition) is 1. The summed E-state index contributed by atoms with van der Waals surface area (Å²) >= 11 is 0. The lowest BCUT2D eigenvalue weighted by molar-refractivity contribution is 0.0633. The molecule has 5 nitrogen and oxygen atoms in total. The summed E-state index contributed by atoms with van der Waals surface area (Å²) in [6.07, 6.45) is 6.29. The van der Waals surface area contributed by atoms with Crippen LogP contribution in [-0.4, -0.2) is 41.6 Å². The molecule has 0 radical (unpaired) electrons. The molecule has 1 amide bonds. The van der Waals surface area contributed by atoms with Gasteiger partial charge >= 0.3 is 0 Å². The maximum absolute atomic E-state index is 12.1. The molecule has 2 aliphatic rings. The van der Waals surface area contributed by atoms with Crippen LogP contribution in [0, 0.1) is 5.92 Å². The number of carbonyl (C=O) groups is 1. The van der Waals surface area contributed by atoms with E-state index in [1.807, 2.05) is 4.90 Å². The van der Waals surface area contributed by atoms with Gasteiger partial charge in [-0.05, 0) is 38.1 Å². The first-order valence-electron chi connectivity index (χ1n) is 6.78. The van der Waals surface area contributed by atoms with Crippen molar-refractivity contribution in [1.29, 1.82) is 0 Å². The summed E-state index contributed by atoms with van der Waals surface area (Å²) < 4.78 is 4.92. The number of nitrogens with one attached hydrogen (secondary N) is 1. The maximum Gasteiger partial charge on any atom is 0.292 e. The van der Waals surface area contributed by atoms with E-state index in [0.29, 0.717) is 11.8 Å². The fraction of sp³-hybridized carbons (Fsp3) is 0.692. The van der Waals surface area contributed by atoms with E-state index in [4.69, 9.17) is 4.52 Å². The van der Waals surface area contributed by atoms with Gasteiger partial charge in [0.2, 0.25) is 5.76 Å². The number of piperidine rings is 1. The molecule has 0 aliphatic carbocycles. The highest BCUT2D eigenvalue weighted by atomic mass is 16.5. The van der Waals surface area contributed by atoms with E-state index in [2.05, 4.69) is 10.5 Å². The summed E-state index contributed by atoms with van der Waals surface area (Å²) in [5, 5.41) is 7.15. The van der Waals surface area contributed by atoms with E-state index in [9.17, 15) is 4.79 Å². The van der Waals surface area contributed by atoms with E-state index in [1.165, 1.54) is 19.0 Å². The molecule has 18 heavy (non-hydrogen) atoms. The second-order valence-electron chi connectivity index (χ2n) is 5.21. The quantitative estimate of drug-likeness (QED) is 0.857. The van der Waals surface area contributed by atoms with Crippen LogP contribution in [0.15, 0.2) is 16.8 Å². The average molecular weight is 249 g/mol. The highest BCUT2D eigenvalue weighted by Gasteiger charge is 2.30. The first kappa shape index (κ1) is 11.7. The summed E-state index contributed by atoms with van der Waals surface area (Å²) in [5.74, 6) is 1.06. The Kier molecular flexibility index (Phi) is 3.32. The zero-order valence-corrected chi connectivity index (χ0v) is 10.5. The Labute approximate surface area is 107 Å². The Bertz CT molecular complexity index is 390. The topological polar surface area (TPSA) is 58.4 Å². The summed E-state index contributed by atoms with van der Waals surface area (Å²) in [7, 11) is 0. The summed E-state index contributed by atoms with van der Waals surface area (Å²) in [6, 6.07) is 2.31. The minimum atomic E-state index is -0.0228. The predicted molar refractivity (Wildman–Crippen MR) is 66.2 cm³/mol. The minimum absolute atomic E-state index is 0.0228. The van der Waals surface area contributed by atoms with Crippen molar-refractivity contribution in [2.24, 2.45) is 5.92 Å². The smallest absolute Gasteiger partial charge is 0.292 e. The van der Waals surface area contributed by atoms with Crippen molar-refractivity contribution in [3.63, 3.8) is 0 Å². The van der Waals surface area contributed by atoms with E-state index in [-0.39, 0.29) is 5.91 Å². The molecule has 2 fully saturated rings. The Morgan fingerprint density at radius 2 is 2.22 bits per heavy atom. The van der Waals surface area contributed by atoms with Crippen LogP contribution in [0.1, 0.15) is 36.2 Å².